The normalized spacial score (nSPS) is 9.43. The van der Waals surface area contributed by atoms with Crippen LogP contribution in [-0.4, -0.2) is 7.11 Å². The number of nitrogens with zero attached hydrogens (tertiary/aromatic N) is 1. The number of hydrogen-bond donors (Lipinski definition) is 0. The quantitative estimate of drug-likeness (QED) is 0.573. The average molecular weight is 366 g/mol. The minimum absolute atomic E-state index is 0.678. The van der Waals surface area contributed by atoms with Gasteiger partial charge >= 0.3 is 0 Å². The zero-order valence-electron chi connectivity index (χ0n) is 12.8. The summed E-state index contributed by atoms with van der Waals surface area (Å²) in [5, 5.41) is 11.0. The number of fused-ring (bicyclic) bond motifs is 1. The fourth-order valence-corrected chi connectivity index (χ4v) is 2.72. The summed E-state index contributed by atoms with van der Waals surface area (Å²) >= 11 is 3.51. The Bertz CT molecular complexity index is 865. The van der Waals surface area contributed by atoms with Crippen LogP contribution >= 0.6 is 15.9 Å². The first-order valence-electron chi connectivity index (χ1n) is 7.03. The molecule has 114 valence electrons. The minimum atomic E-state index is 0.678. The van der Waals surface area contributed by atoms with E-state index < -0.39 is 0 Å². The molecule has 0 unspecified atom stereocenters. The van der Waals surface area contributed by atoms with Crippen LogP contribution in [0.25, 0.3) is 16.8 Å². The number of halogens is 1. The van der Waals surface area contributed by atoms with Crippen molar-refractivity contribution in [3.05, 3.63) is 82.8 Å². The van der Waals surface area contributed by atoms with Gasteiger partial charge < -0.3 is 4.74 Å². The van der Waals surface area contributed by atoms with Gasteiger partial charge in [0.2, 0.25) is 0 Å². The Morgan fingerprint density at radius 2 is 1.78 bits per heavy atom. The van der Waals surface area contributed by atoms with Crippen molar-refractivity contribution in [3.63, 3.8) is 0 Å². The van der Waals surface area contributed by atoms with Crippen LogP contribution in [0.2, 0.25) is 0 Å². The Balaban J connectivity index is 0.000000174. The summed E-state index contributed by atoms with van der Waals surface area (Å²) in [5.41, 5.74) is 1.57. The summed E-state index contributed by atoms with van der Waals surface area (Å²) < 4.78 is 6.24. The number of rotatable bonds is 2. The first-order valence-corrected chi connectivity index (χ1v) is 7.82. The smallest absolute Gasteiger partial charge is 0.120 e. The SMILES string of the molecule is C=Cc1ccccc1C#N.COc1cc(Br)c2ccccc2c1. The number of benzene rings is 3. The van der Waals surface area contributed by atoms with E-state index in [0.29, 0.717) is 5.56 Å². The lowest BCUT2D eigenvalue weighted by molar-refractivity contribution is 0.415. The molecule has 0 bridgehead atoms. The molecule has 0 radical (unpaired) electrons. The van der Waals surface area contributed by atoms with Gasteiger partial charge in [0.1, 0.15) is 5.75 Å². The first kappa shape index (κ1) is 16.8. The summed E-state index contributed by atoms with van der Waals surface area (Å²) in [6, 6.07) is 21.6. The molecule has 0 saturated carbocycles. The average Bonchev–Trinajstić information content (AvgIpc) is 2.62. The Kier molecular flexibility index (Phi) is 5.96. The summed E-state index contributed by atoms with van der Waals surface area (Å²) in [5.74, 6) is 0.880. The minimum Gasteiger partial charge on any atom is -0.497 e. The third-order valence-electron chi connectivity index (χ3n) is 3.32. The van der Waals surface area contributed by atoms with Crippen molar-refractivity contribution in [2.45, 2.75) is 0 Å². The van der Waals surface area contributed by atoms with Crippen LogP contribution in [0.5, 0.6) is 5.75 Å². The van der Waals surface area contributed by atoms with Gasteiger partial charge in [0.25, 0.3) is 0 Å². The van der Waals surface area contributed by atoms with Crippen molar-refractivity contribution >= 4 is 32.8 Å². The summed E-state index contributed by atoms with van der Waals surface area (Å²) in [6.07, 6.45) is 1.68. The molecule has 0 aliphatic heterocycles. The van der Waals surface area contributed by atoms with E-state index in [1.54, 1.807) is 19.3 Å². The van der Waals surface area contributed by atoms with E-state index in [1.165, 1.54) is 10.8 Å². The highest BCUT2D eigenvalue weighted by Crippen LogP contribution is 2.28. The van der Waals surface area contributed by atoms with Crippen molar-refractivity contribution in [2.75, 3.05) is 7.11 Å². The lowest BCUT2D eigenvalue weighted by atomic mass is 10.1. The van der Waals surface area contributed by atoms with Crippen molar-refractivity contribution in [1.82, 2.24) is 0 Å². The van der Waals surface area contributed by atoms with Crippen LogP contribution in [0.3, 0.4) is 0 Å². The van der Waals surface area contributed by atoms with Crippen LogP contribution in [0.4, 0.5) is 0 Å². The third kappa shape index (κ3) is 4.21. The van der Waals surface area contributed by atoms with Crippen molar-refractivity contribution in [3.8, 4) is 11.8 Å². The molecule has 0 aliphatic rings. The van der Waals surface area contributed by atoms with Crippen LogP contribution in [-0.2, 0) is 0 Å². The molecule has 0 aliphatic carbocycles. The monoisotopic (exact) mass is 365 g/mol. The maximum absolute atomic E-state index is 8.55. The third-order valence-corrected chi connectivity index (χ3v) is 3.98. The van der Waals surface area contributed by atoms with E-state index in [2.05, 4.69) is 40.7 Å². The molecule has 0 fully saturated rings. The lowest BCUT2D eigenvalue weighted by Gasteiger charge is -2.04. The highest BCUT2D eigenvalue weighted by atomic mass is 79.9. The predicted octanol–water partition coefficient (Wildman–Crippen LogP) is 5.81. The molecule has 3 aromatic rings. The van der Waals surface area contributed by atoms with Crippen LogP contribution in [0.1, 0.15) is 11.1 Å². The molecule has 0 amide bonds. The van der Waals surface area contributed by atoms with Crippen LogP contribution in [0, 0.1) is 11.3 Å². The van der Waals surface area contributed by atoms with Gasteiger partial charge in [-0.05, 0) is 34.5 Å². The van der Waals surface area contributed by atoms with E-state index >= 15 is 0 Å². The fraction of sp³-hybridized carbons (Fsp3) is 0.0500. The van der Waals surface area contributed by atoms with Crippen LogP contribution in [0.15, 0.2) is 71.7 Å². The topological polar surface area (TPSA) is 33.0 Å². The Labute approximate surface area is 144 Å². The van der Waals surface area contributed by atoms with Gasteiger partial charge in [0.15, 0.2) is 0 Å². The summed E-state index contributed by atoms with van der Waals surface area (Å²) in [7, 11) is 1.68. The maximum atomic E-state index is 8.55. The van der Waals surface area contributed by atoms with E-state index in [9.17, 15) is 0 Å². The molecule has 2 nitrogen and oxygen atoms in total. The second-order valence-corrected chi connectivity index (χ2v) is 5.59. The molecular weight excluding hydrogens is 350 g/mol. The van der Waals surface area contributed by atoms with E-state index in [-0.39, 0.29) is 0 Å². The molecule has 0 N–H and O–H groups in total. The van der Waals surface area contributed by atoms with Crippen molar-refractivity contribution in [1.29, 1.82) is 5.26 Å². The predicted molar refractivity (Wildman–Crippen MR) is 99.4 cm³/mol. The molecule has 0 heterocycles. The maximum Gasteiger partial charge on any atom is 0.120 e. The summed E-state index contributed by atoms with van der Waals surface area (Å²) in [6.45, 7) is 3.59. The number of hydrogen-bond acceptors (Lipinski definition) is 2. The Hall–Kier alpha value is -2.57. The standard InChI is InChI=1S/C11H9BrO.C9H7N/c1-13-9-6-8-4-2-3-5-10(8)11(12)7-9;1-2-8-5-3-4-6-9(8)7-10/h2-7H,1H3;2-6H,1H2. The molecule has 0 saturated heterocycles. The number of methoxy groups -OCH3 is 1. The lowest BCUT2D eigenvalue weighted by Crippen LogP contribution is -1.83. The zero-order chi connectivity index (χ0) is 16.7. The van der Waals surface area contributed by atoms with Gasteiger partial charge in [-0.3, -0.25) is 0 Å². The molecule has 3 heteroatoms. The highest BCUT2D eigenvalue weighted by molar-refractivity contribution is 9.10. The Morgan fingerprint density at radius 1 is 1.09 bits per heavy atom. The first-order chi connectivity index (χ1) is 11.2. The zero-order valence-corrected chi connectivity index (χ0v) is 14.4. The van der Waals surface area contributed by atoms with Gasteiger partial charge in [-0.25, -0.2) is 0 Å². The fourth-order valence-electron chi connectivity index (χ4n) is 2.13. The Morgan fingerprint density at radius 3 is 2.43 bits per heavy atom. The van der Waals surface area contributed by atoms with E-state index in [0.717, 1.165) is 15.8 Å². The van der Waals surface area contributed by atoms with Gasteiger partial charge in [-0.1, -0.05) is 71.0 Å². The molecule has 3 rings (SSSR count). The van der Waals surface area contributed by atoms with Gasteiger partial charge in [-0.15, -0.1) is 0 Å². The molecule has 23 heavy (non-hydrogen) atoms. The van der Waals surface area contributed by atoms with Crippen molar-refractivity contribution < 1.29 is 4.74 Å². The largest absolute Gasteiger partial charge is 0.497 e. The van der Waals surface area contributed by atoms with Gasteiger partial charge in [-0.2, -0.15) is 5.26 Å². The van der Waals surface area contributed by atoms with Gasteiger partial charge in [0.05, 0.1) is 18.7 Å². The molecular formula is C20H16BrNO. The van der Waals surface area contributed by atoms with Crippen molar-refractivity contribution in [2.24, 2.45) is 0 Å². The van der Waals surface area contributed by atoms with Gasteiger partial charge in [0, 0.05) is 4.47 Å². The molecule has 3 aromatic carbocycles. The second kappa shape index (κ2) is 8.17. The molecule has 0 aromatic heterocycles. The summed E-state index contributed by atoms with van der Waals surface area (Å²) in [4.78, 5) is 0. The molecule has 0 atom stereocenters. The highest BCUT2D eigenvalue weighted by Gasteiger charge is 2.00. The van der Waals surface area contributed by atoms with Crippen LogP contribution < -0.4 is 4.74 Å². The number of nitriles is 1. The number of ether oxygens (including phenoxy) is 1. The van der Waals surface area contributed by atoms with E-state index in [4.69, 9.17) is 10.00 Å². The molecule has 0 spiro atoms. The van der Waals surface area contributed by atoms with E-state index in [1.807, 2.05) is 42.5 Å². The second-order valence-electron chi connectivity index (χ2n) is 4.73.